The third-order valence-corrected chi connectivity index (χ3v) is 9.58. The maximum atomic E-state index is 14.0. The fourth-order valence-electron chi connectivity index (χ4n) is 7.53. The molecule has 0 amide bonds. The molecule has 3 aliphatic heterocycles. The maximum absolute atomic E-state index is 14.0. The van der Waals surface area contributed by atoms with E-state index in [1.165, 1.54) is 44.9 Å². The number of hydrogen-bond acceptors (Lipinski definition) is 6. The van der Waals surface area contributed by atoms with Crippen molar-refractivity contribution in [1.29, 1.82) is 0 Å². The molecular weight excluding hydrogens is 449 g/mol. The van der Waals surface area contributed by atoms with Gasteiger partial charge in [-0.2, -0.15) is 0 Å². The van der Waals surface area contributed by atoms with E-state index in [0.717, 1.165) is 69.2 Å². The first-order valence-electron chi connectivity index (χ1n) is 14.5. The van der Waals surface area contributed by atoms with E-state index in [9.17, 15) is 9.82 Å². The molecule has 1 aromatic heterocycles. The van der Waals surface area contributed by atoms with Gasteiger partial charge >= 0.3 is 7.05 Å². The number of likely N-dealkylation sites (tertiary alicyclic amines) is 1. The molecule has 8 heteroatoms. The van der Waals surface area contributed by atoms with Gasteiger partial charge < -0.3 is 24.2 Å². The van der Waals surface area contributed by atoms with Gasteiger partial charge in [0.15, 0.2) is 5.82 Å². The SMILES string of the molecule is CB(O)N1CC2CN(c3nc4ccccc4n(C4CCN(C5CCCCCCC5)CC4)c3=O)CC2C1. The number of piperidine rings is 1. The number of rotatable bonds is 4. The van der Waals surface area contributed by atoms with E-state index in [1.807, 2.05) is 19.0 Å². The fourth-order valence-corrected chi connectivity index (χ4v) is 7.53. The Kier molecular flexibility index (Phi) is 7.10. The highest BCUT2D eigenvalue weighted by atomic mass is 16.2. The van der Waals surface area contributed by atoms with Crippen LogP contribution in [0.4, 0.5) is 5.82 Å². The summed E-state index contributed by atoms with van der Waals surface area (Å²) in [6, 6.07) is 9.18. The van der Waals surface area contributed by atoms with Crippen molar-refractivity contribution in [3.05, 3.63) is 34.6 Å². The van der Waals surface area contributed by atoms with Gasteiger partial charge in [0, 0.05) is 38.3 Å². The molecule has 1 aromatic carbocycles. The second-order valence-electron chi connectivity index (χ2n) is 11.9. The van der Waals surface area contributed by atoms with Gasteiger partial charge in [-0.05, 0) is 69.6 Å². The van der Waals surface area contributed by atoms with Crippen LogP contribution in [0.2, 0.25) is 6.82 Å². The molecule has 2 unspecified atom stereocenters. The molecule has 2 aromatic rings. The first-order valence-corrected chi connectivity index (χ1v) is 14.5. The van der Waals surface area contributed by atoms with Crippen LogP contribution in [-0.4, -0.2) is 76.6 Å². The third-order valence-electron chi connectivity index (χ3n) is 9.58. The van der Waals surface area contributed by atoms with Crippen molar-refractivity contribution in [2.75, 3.05) is 44.2 Å². The number of para-hydroxylation sites is 2. The Morgan fingerprint density at radius 2 is 1.50 bits per heavy atom. The minimum atomic E-state index is -0.395. The molecule has 36 heavy (non-hydrogen) atoms. The van der Waals surface area contributed by atoms with E-state index >= 15 is 0 Å². The summed E-state index contributed by atoms with van der Waals surface area (Å²) in [5, 5.41) is 10.0. The average molecular weight is 491 g/mol. The highest BCUT2D eigenvalue weighted by Crippen LogP contribution is 2.34. The Labute approximate surface area is 215 Å². The van der Waals surface area contributed by atoms with Gasteiger partial charge in [0.25, 0.3) is 5.56 Å². The van der Waals surface area contributed by atoms with Gasteiger partial charge in [-0.25, -0.2) is 4.98 Å². The molecule has 2 atom stereocenters. The number of aromatic nitrogens is 2. The van der Waals surface area contributed by atoms with Crippen LogP contribution in [0.25, 0.3) is 11.0 Å². The van der Waals surface area contributed by atoms with Crippen molar-refractivity contribution in [2.24, 2.45) is 11.8 Å². The Balaban J connectivity index is 1.23. The van der Waals surface area contributed by atoms with E-state index in [-0.39, 0.29) is 11.6 Å². The molecule has 3 saturated heterocycles. The summed E-state index contributed by atoms with van der Waals surface area (Å²) in [6.07, 6.45) is 11.7. The van der Waals surface area contributed by atoms with Gasteiger partial charge in [-0.3, -0.25) is 4.79 Å². The number of nitrogens with zero attached hydrogens (tertiary/aromatic N) is 5. The zero-order valence-electron chi connectivity index (χ0n) is 21.9. The largest absolute Gasteiger partial charge is 0.437 e. The van der Waals surface area contributed by atoms with Crippen molar-refractivity contribution in [1.82, 2.24) is 19.3 Å². The summed E-state index contributed by atoms with van der Waals surface area (Å²) in [4.78, 5) is 26.1. The van der Waals surface area contributed by atoms with Gasteiger partial charge in [0.2, 0.25) is 0 Å². The molecule has 1 saturated carbocycles. The van der Waals surface area contributed by atoms with Crippen molar-refractivity contribution in [3.63, 3.8) is 0 Å². The number of hydrogen-bond donors (Lipinski definition) is 1. The predicted molar refractivity (Wildman–Crippen MR) is 147 cm³/mol. The second-order valence-corrected chi connectivity index (χ2v) is 11.9. The lowest BCUT2D eigenvalue weighted by Crippen LogP contribution is -2.44. The standard InChI is InChI=1S/C28H42BN5O2/c1-29(36)33-19-21-17-32(18-22(21)20-33)27-28(35)34(26-12-8-7-11-25(26)30-27)24-13-15-31(16-14-24)23-9-5-3-2-4-6-10-23/h7-8,11-12,21-24,36H,2-6,9-10,13-20H2,1H3. The molecule has 6 rings (SSSR count). The monoisotopic (exact) mass is 491 g/mol. The third kappa shape index (κ3) is 4.72. The first-order chi connectivity index (χ1) is 17.6. The van der Waals surface area contributed by atoms with E-state index in [2.05, 4.69) is 31.3 Å². The molecule has 4 aliphatic rings. The Morgan fingerprint density at radius 3 is 2.17 bits per heavy atom. The molecule has 194 valence electrons. The molecule has 1 N–H and O–H groups in total. The molecule has 4 heterocycles. The van der Waals surface area contributed by atoms with E-state index < -0.39 is 7.05 Å². The van der Waals surface area contributed by atoms with Crippen LogP contribution in [-0.2, 0) is 0 Å². The maximum Gasteiger partial charge on any atom is 0.376 e. The van der Waals surface area contributed by atoms with Crippen LogP contribution in [0, 0.1) is 11.8 Å². The van der Waals surface area contributed by atoms with E-state index in [1.54, 1.807) is 0 Å². The minimum absolute atomic E-state index is 0.0884. The summed E-state index contributed by atoms with van der Waals surface area (Å²) < 4.78 is 2.10. The van der Waals surface area contributed by atoms with Crippen molar-refractivity contribution < 1.29 is 5.02 Å². The lowest BCUT2D eigenvalue weighted by molar-refractivity contribution is 0.116. The summed E-state index contributed by atoms with van der Waals surface area (Å²) in [7, 11) is -0.395. The van der Waals surface area contributed by atoms with Crippen LogP contribution >= 0.6 is 0 Å². The molecular formula is C28H42BN5O2. The lowest BCUT2D eigenvalue weighted by atomic mass is 9.85. The molecule has 4 fully saturated rings. The number of anilines is 1. The topological polar surface area (TPSA) is 64.8 Å². The fraction of sp³-hybridized carbons (Fsp3) is 0.714. The van der Waals surface area contributed by atoms with E-state index in [0.29, 0.717) is 17.7 Å². The van der Waals surface area contributed by atoms with Gasteiger partial charge in [0.1, 0.15) is 0 Å². The smallest absolute Gasteiger partial charge is 0.376 e. The number of benzene rings is 1. The Bertz CT molecular complexity index is 1090. The van der Waals surface area contributed by atoms with Crippen molar-refractivity contribution in [2.45, 2.75) is 76.7 Å². The molecule has 0 spiro atoms. The normalized spacial score (nSPS) is 27.3. The van der Waals surface area contributed by atoms with Crippen LogP contribution < -0.4 is 10.5 Å². The van der Waals surface area contributed by atoms with Crippen LogP contribution in [0.5, 0.6) is 0 Å². The van der Waals surface area contributed by atoms with Crippen molar-refractivity contribution >= 4 is 23.9 Å². The summed E-state index contributed by atoms with van der Waals surface area (Å²) in [6.45, 7) is 7.56. The lowest BCUT2D eigenvalue weighted by Gasteiger charge is -2.39. The summed E-state index contributed by atoms with van der Waals surface area (Å²) >= 11 is 0. The van der Waals surface area contributed by atoms with Crippen LogP contribution in [0.1, 0.15) is 63.8 Å². The zero-order chi connectivity index (χ0) is 24.6. The molecule has 0 radical (unpaired) electrons. The molecule has 0 bridgehead atoms. The van der Waals surface area contributed by atoms with E-state index in [4.69, 9.17) is 4.98 Å². The highest BCUT2D eigenvalue weighted by Gasteiger charge is 2.43. The zero-order valence-corrected chi connectivity index (χ0v) is 21.9. The van der Waals surface area contributed by atoms with Gasteiger partial charge in [0.05, 0.1) is 11.0 Å². The number of fused-ring (bicyclic) bond motifs is 2. The second kappa shape index (κ2) is 10.5. The van der Waals surface area contributed by atoms with Gasteiger partial charge in [-0.1, -0.05) is 44.2 Å². The molecule has 7 nitrogen and oxygen atoms in total. The summed E-state index contributed by atoms with van der Waals surface area (Å²) in [5.41, 5.74) is 2.00. The van der Waals surface area contributed by atoms with Crippen molar-refractivity contribution in [3.8, 4) is 0 Å². The Hall–Kier alpha value is -1.90. The average Bonchev–Trinajstić information content (AvgIpc) is 3.44. The predicted octanol–water partition coefficient (Wildman–Crippen LogP) is 3.62. The quantitative estimate of drug-likeness (QED) is 0.660. The van der Waals surface area contributed by atoms with Crippen LogP contribution in [0.15, 0.2) is 29.1 Å². The van der Waals surface area contributed by atoms with Crippen LogP contribution in [0.3, 0.4) is 0 Å². The highest BCUT2D eigenvalue weighted by molar-refractivity contribution is 6.45. The Morgan fingerprint density at radius 1 is 0.861 bits per heavy atom. The van der Waals surface area contributed by atoms with Gasteiger partial charge in [-0.15, -0.1) is 0 Å². The minimum Gasteiger partial charge on any atom is -0.437 e. The molecule has 1 aliphatic carbocycles. The summed E-state index contributed by atoms with van der Waals surface area (Å²) in [5.74, 6) is 1.62. The first kappa shape index (κ1) is 24.4.